The first-order chi connectivity index (χ1) is 7.70. The maximum Gasteiger partial charge on any atom is 0.317 e. The Balaban J connectivity index is 1.88. The maximum absolute atomic E-state index is 11.2. The lowest BCUT2D eigenvalue weighted by Crippen LogP contribution is -2.35. The van der Waals surface area contributed by atoms with Crippen LogP contribution in [-0.2, 0) is 4.74 Å². The van der Waals surface area contributed by atoms with E-state index in [2.05, 4.69) is 17.2 Å². The van der Waals surface area contributed by atoms with Crippen molar-refractivity contribution in [1.82, 2.24) is 15.5 Å². The smallest absolute Gasteiger partial charge is 0.317 e. The molecule has 2 N–H and O–H groups in total. The zero-order chi connectivity index (χ0) is 11.8. The van der Waals surface area contributed by atoms with Gasteiger partial charge in [-0.25, -0.2) is 4.79 Å². The van der Waals surface area contributed by atoms with Crippen molar-refractivity contribution in [2.45, 2.75) is 6.92 Å². The van der Waals surface area contributed by atoms with Crippen LogP contribution in [0.4, 0.5) is 4.79 Å². The van der Waals surface area contributed by atoms with Crippen LogP contribution < -0.4 is 10.6 Å². The van der Waals surface area contributed by atoms with Gasteiger partial charge in [-0.1, -0.05) is 12.2 Å². The number of carbonyl (C=O) groups excluding carboxylic acids is 1. The predicted molar refractivity (Wildman–Crippen MR) is 63.5 cm³/mol. The van der Waals surface area contributed by atoms with Gasteiger partial charge in [-0.3, -0.25) is 0 Å². The van der Waals surface area contributed by atoms with E-state index >= 15 is 0 Å². The molecule has 5 heteroatoms. The van der Waals surface area contributed by atoms with Crippen LogP contribution >= 0.6 is 0 Å². The second-order valence-corrected chi connectivity index (χ2v) is 3.98. The normalized spacial score (nSPS) is 15.3. The van der Waals surface area contributed by atoms with Gasteiger partial charge in [0.25, 0.3) is 0 Å². The minimum Gasteiger partial charge on any atom is -0.376 e. The van der Waals surface area contributed by atoms with Gasteiger partial charge in [0.2, 0.25) is 0 Å². The molecule has 1 aliphatic rings. The van der Waals surface area contributed by atoms with Gasteiger partial charge in [-0.2, -0.15) is 0 Å². The van der Waals surface area contributed by atoms with Crippen LogP contribution in [0.25, 0.3) is 0 Å². The highest BCUT2D eigenvalue weighted by Crippen LogP contribution is 1.94. The van der Waals surface area contributed by atoms with E-state index in [1.54, 1.807) is 0 Å². The number of hydrogen-bond donors (Lipinski definition) is 2. The predicted octanol–water partition coefficient (Wildman–Crippen LogP) is 0.194. The molecule has 0 atom stereocenters. The van der Waals surface area contributed by atoms with Crippen molar-refractivity contribution in [3.8, 4) is 0 Å². The van der Waals surface area contributed by atoms with E-state index < -0.39 is 0 Å². The summed E-state index contributed by atoms with van der Waals surface area (Å²) in [5.41, 5.74) is 1.04. The van der Waals surface area contributed by atoms with Crippen LogP contribution in [0.5, 0.6) is 0 Å². The second-order valence-electron chi connectivity index (χ2n) is 3.98. The first-order valence-electron chi connectivity index (χ1n) is 5.66. The number of nitrogens with one attached hydrogen (secondary N) is 2. The number of rotatable bonds is 8. The number of carbonyl (C=O) groups is 1. The summed E-state index contributed by atoms with van der Waals surface area (Å²) >= 11 is 0. The van der Waals surface area contributed by atoms with Crippen LogP contribution in [0.2, 0.25) is 0 Å². The highest BCUT2D eigenvalue weighted by Gasteiger charge is 2.17. The molecule has 0 aromatic heterocycles. The second kappa shape index (κ2) is 7.24. The van der Waals surface area contributed by atoms with Gasteiger partial charge in [0.15, 0.2) is 0 Å². The summed E-state index contributed by atoms with van der Waals surface area (Å²) in [7, 11) is 0. The highest BCUT2D eigenvalue weighted by atomic mass is 16.5. The molecule has 1 heterocycles. The molecule has 16 heavy (non-hydrogen) atoms. The molecule has 92 valence electrons. The van der Waals surface area contributed by atoms with Gasteiger partial charge >= 0.3 is 6.03 Å². The first-order valence-corrected chi connectivity index (χ1v) is 5.66. The molecule has 0 aromatic rings. The van der Waals surface area contributed by atoms with E-state index in [9.17, 15) is 4.79 Å². The Morgan fingerprint density at radius 3 is 3.06 bits per heavy atom. The van der Waals surface area contributed by atoms with Crippen molar-refractivity contribution in [2.75, 3.05) is 45.9 Å². The Morgan fingerprint density at radius 2 is 2.44 bits per heavy atom. The van der Waals surface area contributed by atoms with Gasteiger partial charge in [0, 0.05) is 32.7 Å². The number of amides is 2. The third-order valence-corrected chi connectivity index (χ3v) is 2.28. The van der Waals surface area contributed by atoms with E-state index in [0.717, 1.165) is 38.3 Å². The van der Waals surface area contributed by atoms with Crippen molar-refractivity contribution >= 4 is 6.03 Å². The molecule has 1 rings (SSSR count). The van der Waals surface area contributed by atoms with E-state index in [0.29, 0.717) is 13.2 Å². The van der Waals surface area contributed by atoms with E-state index in [1.165, 1.54) is 0 Å². The van der Waals surface area contributed by atoms with Crippen LogP contribution in [0.1, 0.15) is 6.92 Å². The number of urea groups is 1. The van der Waals surface area contributed by atoms with Gasteiger partial charge in [-0.15, -0.1) is 0 Å². The Kier molecular flexibility index (Phi) is 5.88. The fraction of sp³-hybridized carbons (Fsp3) is 0.727. The van der Waals surface area contributed by atoms with E-state index in [1.807, 2.05) is 11.8 Å². The van der Waals surface area contributed by atoms with E-state index in [-0.39, 0.29) is 6.03 Å². The average Bonchev–Trinajstić information content (AvgIpc) is 2.62. The lowest BCUT2D eigenvalue weighted by molar-refractivity contribution is 0.157. The summed E-state index contributed by atoms with van der Waals surface area (Å²) in [6.45, 7) is 10.9. The molecule has 0 unspecified atom stereocenters. The zero-order valence-corrected chi connectivity index (χ0v) is 9.92. The van der Waals surface area contributed by atoms with Crippen molar-refractivity contribution < 1.29 is 9.53 Å². The summed E-state index contributed by atoms with van der Waals surface area (Å²) in [4.78, 5) is 13.0. The molecule has 0 spiro atoms. The number of hydrogen-bond acceptors (Lipinski definition) is 3. The van der Waals surface area contributed by atoms with Gasteiger partial charge in [0.1, 0.15) is 0 Å². The molecule has 0 saturated carbocycles. The molecule has 5 nitrogen and oxygen atoms in total. The largest absolute Gasteiger partial charge is 0.376 e. The lowest BCUT2D eigenvalue weighted by atomic mass is 10.4. The summed E-state index contributed by atoms with van der Waals surface area (Å²) < 4.78 is 5.33. The Hall–Kier alpha value is -1.07. The van der Waals surface area contributed by atoms with Crippen LogP contribution in [-0.4, -0.2) is 56.9 Å². The van der Waals surface area contributed by atoms with Crippen molar-refractivity contribution in [3.05, 3.63) is 12.2 Å². The first kappa shape index (κ1) is 13.0. The molecule has 0 bridgehead atoms. The summed E-state index contributed by atoms with van der Waals surface area (Å²) in [5, 5.41) is 6.00. The molecular formula is C11H21N3O2. The summed E-state index contributed by atoms with van der Waals surface area (Å²) in [5.74, 6) is 0. The molecule has 2 amide bonds. The third-order valence-electron chi connectivity index (χ3n) is 2.28. The fourth-order valence-electron chi connectivity index (χ4n) is 1.45. The summed E-state index contributed by atoms with van der Waals surface area (Å²) in [6.07, 6.45) is 0. The van der Waals surface area contributed by atoms with Gasteiger partial charge in [-0.05, 0) is 6.92 Å². The third kappa shape index (κ3) is 5.14. The topological polar surface area (TPSA) is 53.6 Å². The highest BCUT2D eigenvalue weighted by molar-refractivity contribution is 5.76. The minimum atomic E-state index is 0.0420. The number of nitrogens with zero attached hydrogens (tertiary/aromatic N) is 1. The molecule has 1 saturated heterocycles. The van der Waals surface area contributed by atoms with Crippen LogP contribution in [0.15, 0.2) is 12.2 Å². The van der Waals surface area contributed by atoms with E-state index in [4.69, 9.17) is 4.74 Å². The SMILES string of the molecule is C=C(C)COCCNCCN1CCNC1=O. The van der Waals surface area contributed by atoms with Crippen LogP contribution in [0, 0.1) is 0 Å². The molecule has 0 radical (unpaired) electrons. The maximum atomic E-state index is 11.2. The quantitative estimate of drug-likeness (QED) is 0.460. The molecule has 1 aliphatic heterocycles. The molecule has 0 aromatic carbocycles. The molecular weight excluding hydrogens is 206 g/mol. The standard InChI is InChI=1S/C11H21N3O2/c1-10(2)9-16-8-5-12-3-6-14-7-4-13-11(14)15/h12H,1,3-9H2,2H3,(H,13,15). The van der Waals surface area contributed by atoms with Crippen molar-refractivity contribution in [2.24, 2.45) is 0 Å². The van der Waals surface area contributed by atoms with Crippen molar-refractivity contribution in [3.63, 3.8) is 0 Å². The van der Waals surface area contributed by atoms with Gasteiger partial charge < -0.3 is 20.3 Å². The molecule has 0 aliphatic carbocycles. The Morgan fingerprint density at radius 1 is 1.62 bits per heavy atom. The minimum absolute atomic E-state index is 0.0420. The lowest BCUT2D eigenvalue weighted by Gasteiger charge is -2.14. The molecule has 1 fully saturated rings. The zero-order valence-electron chi connectivity index (χ0n) is 9.92. The number of ether oxygens (including phenoxy) is 1. The van der Waals surface area contributed by atoms with Gasteiger partial charge in [0.05, 0.1) is 13.2 Å². The van der Waals surface area contributed by atoms with Crippen LogP contribution in [0.3, 0.4) is 0 Å². The summed E-state index contributed by atoms with van der Waals surface area (Å²) in [6, 6.07) is 0.0420. The van der Waals surface area contributed by atoms with Crippen molar-refractivity contribution in [1.29, 1.82) is 0 Å². The Bertz CT molecular complexity index is 243. The monoisotopic (exact) mass is 227 g/mol. The average molecular weight is 227 g/mol. The Labute approximate surface area is 96.8 Å². The fourth-order valence-corrected chi connectivity index (χ4v) is 1.45.